The molecule has 0 spiro atoms. The average molecular weight is 415 g/mol. The third kappa shape index (κ3) is 3.77. The van der Waals surface area contributed by atoms with E-state index in [9.17, 15) is 10.4 Å². The van der Waals surface area contributed by atoms with Crippen molar-refractivity contribution in [3.05, 3.63) is 48.3 Å². The zero-order chi connectivity index (χ0) is 21.2. The van der Waals surface area contributed by atoms with Gasteiger partial charge in [0.15, 0.2) is 5.88 Å². The van der Waals surface area contributed by atoms with Crippen LogP contribution in [0.4, 0.5) is 0 Å². The number of aromatic hydroxyl groups is 1. The number of rotatable bonds is 5. The summed E-state index contributed by atoms with van der Waals surface area (Å²) in [7, 11) is 0. The van der Waals surface area contributed by atoms with Crippen LogP contribution in [-0.2, 0) is 4.74 Å². The Morgan fingerprint density at radius 3 is 2.84 bits per heavy atom. The van der Waals surface area contributed by atoms with Gasteiger partial charge in [-0.1, -0.05) is 0 Å². The minimum absolute atomic E-state index is 0.0101. The summed E-state index contributed by atoms with van der Waals surface area (Å²) in [4.78, 5) is 14.1. The molecule has 8 heteroatoms. The number of nitrogens with zero attached hydrogens (tertiary/aromatic N) is 4. The molecule has 1 saturated heterocycles. The zero-order valence-corrected chi connectivity index (χ0v) is 16.8. The van der Waals surface area contributed by atoms with Crippen molar-refractivity contribution in [3.63, 3.8) is 0 Å². The largest absolute Gasteiger partial charge is 0.494 e. The fraction of sp³-hybridized carbons (Fsp3) is 0.261. The molecule has 1 aliphatic heterocycles. The molecule has 0 radical (unpaired) electrons. The lowest BCUT2D eigenvalue weighted by molar-refractivity contribution is 0.0322. The lowest BCUT2D eigenvalue weighted by atomic mass is 10.0. The van der Waals surface area contributed by atoms with Crippen LogP contribution in [0.25, 0.3) is 33.1 Å². The number of fused-ring (bicyclic) bond motifs is 2. The van der Waals surface area contributed by atoms with Gasteiger partial charge in [-0.3, -0.25) is 4.90 Å². The summed E-state index contributed by atoms with van der Waals surface area (Å²) in [5, 5.41) is 21.4. The highest BCUT2D eigenvalue weighted by atomic mass is 16.5. The molecule has 0 unspecified atom stereocenters. The summed E-state index contributed by atoms with van der Waals surface area (Å²) in [5.74, 6) is 0.747. The summed E-state index contributed by atoms with van der Waals surface area (Å²) in [5.41, 5.74) is 3.13. The molecule has 0 aliphatic carbocycles. The monoisotopic (exact) mass is 415 g/mol. The van der Waals surface area contributed by atoms with Crippen LogP contribution >= 0.6 is 0 Å². The number of hydrogen-bond donors (Lipinski definition) is 2. The van der Waals surface area contributed by atoms with Crippen LogP contribution in [-0.4, -0.2) is 64.4 Å². The third-order valence-corrected chi connectivity index (χ3v) is 5.53. The Hall–Kier alpha value is -3.67. The predicted octanol–water partition coefficient (Wildman–Crippen LogP) is 3.07. The molecule has 0 amide bonds. The highest BCUT2D eigenvalue weighted by molar-refractivity contribution is 6.05. The smallest absolute Gasteiger partial charge is 0.199 e. The maximum atomic E-state index is 10.6. The Kier molecular flexibility index (Phi) is 5.12. The maximum absolute atomic E-state index is 10.6. The number of hydrogen-bond acceptors (Lipinski definition) is 7. The van der Waals surface area contributed by atoms with Crippen LogP contribution in [0.5, 0.6) is 11.6 Å². The van der Waals surface area contributed by atoms with Crippen molar-refractivity contribution in [1.29, 1.82) is 5.26 Å². The zero-order valence-electron chi connectivity index (χ0n) is 16.8. The number of ether oxygens (including phenoxy) is 2. The van der Waals surface area contributed by atoms with Crippen LogP contribution in [0, 0.1) is 11.3 Å². The number of aromatic nitrogens is 3. The number of nitrogens with one attached hydrogen (secondary N) is 1. The second kappa shape index (κ2) is 8.22. The highest BCUT2D eigenvalue weighted by Crippen LogP contribution is 2.39. The van der Waals surface area contributed by atoms with E-state index < -0.39 is 0 Å². The van der Waals surface area contributed by atoms with Crippen molar-refractivity contribution in [3.8, 4) is 29.0 Å². The molecule has 8 nitrogen and oxygen atoms in total. The third-order valence-electron chi connectivity index (χ3n) is 5.53. The molecule has 1 fully saturated rings. The molecular formula is C23H21N5O3. The predicted molar refractivity (Wildman–Crippen MR) is 116 cm³/mol. The molecule has 0 bridgehead atoms. The molecule has 2 aromatic carbocycles. The maximum Gasteiger partial charge on any atom is 0.199 e. The van der Waals surface area contributed by atoms with Crippen LogP contribution in [0.1, 0.15) is 5.56 Å². The van der Waals surface area contributed by atoms with Gasteiger partial charge in [-0.25, -0.2) is 9.97 Å². The molecule has 2 N–H and O–H groups in total. The van der Waals surface area contributed by atoms with E-state index in [2.05, 4.69) is 25.9 Å². The molecule has 31 heavy (non-hydrogen) atoms. The van der Waals surface area contributed by atoms with Gasteiger partial charge in [0.2, 0.25) is 0 Å². The van der Waals surface area contributed by atoms with Crippen LogP contribution in [0.15, 0.2) is 42.7 Å². The average Bonchev–Trinajstić information content (AvgIpc) is 3.14. The van der Waals surface area contributed by atoms with E-state index in [1.807, 2.05) is 18.2 Å². The molecule has 2 aromatic heterocycles. The highest BCUT2D eigenvalue weighted by Gasteiger charge is 2.18. The molecular weight excluding hydrogens is 394 g/mol. The lowest BCUT2D eigenvalue weighted by Gasteiger charge is -2.26. The first-order valence-corrected chi connectivity index (χ1v) is 10.2. The van der Waals surface area contributed by atoms with Gasteiger partial charge in [-0.15, -0.1) is 0 Å². The summed E-state index contributed by atoms with van der Waals surface area (Å²) in [6.45, 7) is 4.83. The van der Waals surface area contributed by atoms with Crippen LogP contribution in [0.2, 0.25) is 0 Å². The van der Waals surface area contributed by atoms with Crippen LogP contribution in [0.3, 0.4) is 0 Å². The van der Waals surface area contributed by atoms with Gasteiger partial charge in [0, 0.05) is 42.0 Å². The van der Waals surface area contributed by atoms with Gasteiger partial charge < -0.3 is 19.6 Å². The Bertz CT molecular complexity index is 1290. The fourth-order valence-corrected chi connectivity index (χ4v) is 3.93. The van der Waals surface area contributed by atoms with Crippen molar-refractivity contribution in [2.75, 3.05) is 39.5 Å². The Morgan fingerprint density at radius 1 is 1.13 bits per heavy atom. The van der Waals surface area contributed by atoms with Crippen molar-refractivity contribution < 1.29 is 14.6 Å². The number of aromatic amines is 1. The minimum Gasteiger partial charge on any atom is -0.494 e. The van der Waals surface area contributed by atoms with E-state index in [4.69, 9.17) is 9.47 Å². The van der Waals surface area contributed by atoms with Crippen molar-refractivity contribution >= 4 is 21.8 Å². The Balaban J connectivity index is 1.45. The lowest BCUT2D eigenvalue weighted by Crippen LogP contribution is -2.38. The van der Waals surface area contributed by atoms with Gasteiger partial charge in [0.25, 0.3) is 0 Å². The quantitative estimate of drug-likeness (QED) is 0.516. The molecule has 5 rings (SSSR count). The van der Waals surface area contributed by atoms with E-state index in [1.165, 1.54) is 6.33 Å². The molecule has 3 heterocycles. The van der Waals surface area contributed by atoms with Gasteiger partial charge in [0.1, 0.15) is 18.7 Å². The van der Waals surface area contributed by atoms with Crippen LogP contribution < -0.4 is 4.74 Å². The fourth-order valence-electron chi connectivity index (χ4n) is 3.93. The summed E-state index contributed by atoms with van der Waals surface area (Å²) < 4.78 is 11.3. The van der Waals surface area contributed by atoms with E-state index in [-0.39, 0.29) is 5.88 Å². The SMILES string of the molecule is N#Cc1ccc2[nH]c(O)c(-c3ncnc4cc(OCCN5CCOCC5)ccc34)c2c1. The number of morpholine rings is 1. The van der Waals surface area contributed by atoms with Crippen molar-refractivity contribution in [2.24, 2.45) is 0 Å². The second-order valence-corrected chi connectivity index (χ2v) is 7.42. The number of H-pyrrole nitrogens is 1. The molecule has 0 atom stereocenters. The van der Waals surface area contributed by atoms with Crippen molar-refractivity contribution in [2.45, 2.75) is 0 Å². The van der Waals surface area contributed by atoms with E-state index in [0.29, 0.717) is 23.4 Å². The van der Waals surface area contributed by atoms with E-state index in [0.717, 1.165) is 60.4 Å². The Labute approximate surface area is 178 Å². The molecule has 1 aliphatic rings. The van der Waals surface area contributed by atoms with E-state index >= 15 is 0 Å². The first-order chi connectivity index (χ1) is 15.2. The molecule has 4 aromatic rings. The van der Waals surface area contributed by atoms with Gasteiger partial charge >= 0.3 is 0 Å². The summed E-state index contributed by atoms with van der Waals surface area (Å²) in [6, 6.07) is 13.1. The van der Waals surface area contributed by atoms with Gasteiger partial charge in [-0.05, 0) is 30.3 Å². The van der Waals surface area contributed by atoms with E-state index in [1.54, 1.807) is 18.2 Å². The number of benzene rings is 2. The second-order valence-electron chi connectivity index (χ2n) is 7.42. The normalized spacial score (nSPS) is 14.7. The number of nitriles is 1. The van der Waals surface area contributed by atoms with Gasteiger partial charge in [0.05, 0.1) is 41.6 Å². The minimum atomic E-state index is 0.0101. The van der Waals surface area contributed by atoms with Crippen molar-refractivity contribution in [1.82, 2.24) is 19.9 Å². The Morgan fingerprint density at radius 2 is 2.00 bits per heavy atom. The standard InChI is InChI=1S/C23H21N5O3/c24-13-15-1-4-19-18(11-15)21(23(29)27-19)22-17-3-2-16(12-20(17)25-14-26-22)31-10-7-28-5-8-30-9-6-28/h1-4,11-12,14,27,29H,5-10H2. The first-order valence-electron chi connectivity index (χ1n) is 10.2. The summed E-state index contributed by atoms with van der Waals surface area (Å²) in [6.07, 6.45) is 1.47. The summed E-state index contributed by atoms with van der Waals surface area (Å²) >= 11 is 0. The molecule has 0 saturated carbocycles. The van der Waals surface area contributed by atoms with Gasteiger partial charge in [-0.2, -0.15) is 5.26 Å². The molecule has 156 valence electrons. The topological polar surface area (TPSA) is 107 Å². The first kappa shape index (κ1) is 19.3.